The molecule has 1 aliphatic heterocycles. The highest BCUT2D eigenvalue weighted by atomic mass is 32.2. The maximum Gasteiger partial charge on any atom is 0.340 e. The minimum atomic E-state index is -2.69. The van der Waals surface area contributed by atoms with Crippen LogP contribution in [0.15, 0.2) is 30.6 Å². The summed E-state index contributed by atoms with van der Waals surface area (Å²) in [5, 5.41) is 4.50. The van der Waals surface area contributed by atoms with E-state index in [1.807, 2.05) is 47.6 Å². The van der Waals surface area contributed by atoms with Gasteiger partial charge in [0.2, 0.25) is 5.88 Å². The van der Waals surface area contributed by atoms with Crippen LogP contribution < -0.4 is 15.8 Å². The summed E-state index contributed by atoms with van der Waals surface area (Å²) in [6, 6.07) is 5.37. The second-order valence-electron chi connectivity index (χ2n) is 11.7. The molecule has 3 aromatic rings. The molecule has 40 heavy (non-hydrogen) atoms. The summed E-state index contributed by atoms with van der Waals surface area (Å²) in [7, 11) is -2.69. The van der Waals surface area contributed by atoms with Gasteiger partial charge >= 0.3 is 5.97 Å². The molecule has 0 amide bonds. The van der Waals surface area contributed by atoms with E-state index >= 15 is 0 Å². The lowest BCUT2D eigenvalue weighted by atomic mass is 9.79. The second-order valence-corrected chi connectivity index (χ2v) is 14.3. The van der Waals surface area contributed by atoms with Gasteiger partial charge in [0.05, 0.1) is 22.7 Å². The fraction of sp³-hybridized carbons (Fsp3) is 0.517. The van der Waals surface area contributed by atoms with Crippen molar-refractivity contribution in [3.8, 4) is 5.88 Å². The van der Waals surface area contributed by atoms with Crippen molar-refractivity contribution in [2.24, 2.45) is 5.73 Å². The zero-order chi connectivity index (χ0) is 29.6. The van der Waals surface area contributed by atoms with Gasteiger partial charge in [-0.15, -0.1) is 0 Å². The van der Waals surface area contributed by atoms with Crippen molar-refractivity contribution in [3.05, 3.63) is 47.4 Å². The first-order valence-electron chi connectivity index (χ1n) is 13.5. The summed E-state index contributed by atoms with van der Waals surface area (Å²) in [4.78, 5) is 26.4. The Morgan fingerprint density at radius 3 is 2.58 bits per heavy atom. The number of cyclic esters (lactones) is 1. The van der Waals surface area contributed by atoms with E-state index in [2.05, 4.69) is 15.3 Å². The Balaban J connectivity index is 1.72. The highest BCUT2D eigenvalue weighted by Gasteiger charge is 2.41. The molecule has 0 bridgehead atoms. The average molecular weight is 569 g/mol. The molecule has 4 rings (SSSR count). The van der Waals surface area contributed by atoms with Gasteiger partial charge in [-0.2, -0.15) is 0 Å². The molecule has 0 spiro atoms. The van der Waals surface area contributed by atoms with Crippen molar-refractivity contribution < 1.29 is 18.5 Å². The van der Waals surface area contributed by atoms with Gasteiger partial charge in [0.15, 0.2) is 0 Å². The molecule has 4 N–H and O–H groups in total. The number of ether oxygens (including phenoxy) is 2. The van der Waals surface area contributed by atoms with Crippen molar-refractivity contribution in [2.45, 2.75) is 89.7 Å². The number of hydrogen-bond acceptors (Lipinski definition) is 10. The SMILES string of the molecule is CCC(C)(N)c1cnc(O[C@H](C)C[C@@H](C)[S@](C)(=N)=O)c2cnc(Nc3ccc4c(n3)C(C)(C)[C@@H](C)OC4=O)cc12. The highest BCUT2D eigenvalue weighted by Crippen LogP contribution is 2.37. The van der Waals surface area contributed by atoms with Crippen molar-refractivity contribution in [2.75, 3.05) is 11.6 Å². The number of pyridine rings is 3. The monoisotopic (exact) mass is 568 g/mol. The molecule has 216 valence electrons. The highest BCUT2D eigenvalue weighted by molar-refractivity contribution is 7.92. The summed E-state index contributed by atoms with van der Waals surface area (Å²) >= 11 is 0. The predicted molar refractivity (Wildman–Crippen MR) is 158 cm³/mol. The minimum Gasteiger partial charge on any atom is -0.474 e. The number of nitrogens with two attached hydrogens (primary N) is 1. The zero-order valence-electron chi connectivity index (χ0n) is 24.5. The third kappa shape index (κ3) is 5.76. The standard InChI is InChI=1S/C29H40N6O4S/c1-9-29(7,30)22-15-33-26(38-16(2)12-17(3)40(8,31)37)21-14-32-24(13-20(21)22)34-23-11-10-19-25(35-23)28(5,6)18(4)39-27(19)36/h10-11,13-18,31H,9,12,30H2,1-8H3,(H,32,34,35)/t16-,17-,18-,29?,40-/m1/s1. The average Bonchev–Trinajstić information content (AvgIpc) is 2.87. The molecule has 0 aliphatic carbocycles. The van der Waals surface area contributed by atoms with Crippen LogP contribution in [0.25, 0.3) is 10.8 Å². The van der Waals surface area contributed by atoms with E-state index in [-0.39, 0.29) is 23.4 Å². The predicted octanol–water partition coefficient (Wildman–Crippen LogP) is 5.41. The van der Waals surface area contributed by atoms with Crippen molar-refractivity contribution in [3.63, 3.8) is 0 Å². The Morgan fingerprint density at radius 2 is 1.93 bits per heavy atom. The van der Waals surface area contributed by atoms with Gasteiger partial charge in [0, 0.05) is 44.6 Å². The van der Waals surface area contributed by atoms with E-state index in [0.717, 1.165) is 10.9 Å². The fourth-order valence-electron chi connectivity index (χ4n) is 4.69. The molecule has 11 heteroatoms. The Bertz CT molecular complexity index is 1550. The quantitative estimate of drug-likeness (QED) is 0.287. The van der Waals surface area contributed by atoms with Crippen LogP contribution in [0.4, 0.5) is 11.6 Å². The first-order chi connectivity index (χ1) is 18.5. The molecule has 1 aliphatic rings. The molecule has 0 saturated heterocycles. The molecular formula is C29H40N6O4S. The number of hydrogen-bond donors (Lipinski definition) is 3. The molecule has 0 fully saturated rings. The lowest BCUT2D eigenvalue weighted by Crippen LogP contribution is -2.42. The van der Waals surface area contributed by atoms with Crippen LogP contribution in [0.2, 0.25) is 0 Å². The number of esters is 1. The molecule has 4 heterocycles. The van der Waals surface area contributed by atoms with Gasteiger partial charge < -0.3 is 20.5 Å². The van der Waals surface area contributed by atoms with Crippen LogP contribution in [0, 0.1) is 4.78 Å². The minimum absolute atomic E-state index is 0.311. The van der Waals surface area contributed by atoms with E-state index in [4.69, 9.17) is 25.0 Å². The first-order valence-corrected chi connectivity index (χ1v) is 15.5. The van der Waals surface area contributed by atoms with Crippen LogP contribution in [-0.2, 0) is 25.4 Å². The summed E-state index contributed by atoms with van der Waals surface area (Å²) in [5.41, 5.74) is 7.56. The summed E-state index contributed by atoms with van der Waals surface area (Å²) < 4.78 is 31.7. The van der Waals surface area contributed by atoms with Gasteiger partial charge in [-0.1, -0.05) is 20.8 Å². The van der Waals surface area contributed by atoms with E-state index in [0.29, 0.717) is 47.0 Å². The number of aromatic nitrogens is 3. The number of fused-ring (bicyclic) bond motifs is 2. The number of nitrogens with zero attached hydrogens (tertiary/aromatic N) is 3. The summed E-state index contributed by atoms with van der Waals surface area (Å²) in [5.74, 6) is 1.14. The summed E-state index contributed by atoms with van der Waals surface area (Å²) in [6.07, 6.45) is 5.40. The molecule has 0 saturated carbocycles. The first kappa shape index (κ1) is 29.7. The number of nitrogens with one attached hydrogen (secondary N) is 2. The summed E-state index contributed by atoms with van der Waals surface area (Å²) in [6.45, 7) is 13.5. The lowest BCUT2D eigenvalue weighted by molar-refractivity contribution is 0.00864. The largest absolute Gasteiger partial charge is 0.474 e. The molecular weight excluding hydrogens is 528 g/mol. The van der Waals surface area contributed by atoms with E-state index < -0.39 is 20.7 Å². The molecule has 3 aromatic heterocycles. The van der Waals surface area contributed by atoms with Crippen molar-refractivity contribution >= 4 is 38.1 Å². The lowest BCUT2D eigenvalue weighted by Gasteiger charge is -2.36. The van der Waals surface area contributed by atoms with Gasteiger partial charge in [-0.25, -0.2) is 24.0 Å². The smallest absolute Gasteiger partial charge is 0.340 e. The topological polar surface area (TPSA) is 153 Å². The van der Waals surface area contributed by atoms with Crippen molar-refractivity contribution in [1.82, 2.24) is 15.0 Å². The maximum absolute atomic E-state index is 12.4. The Kier molecular flexibility index (Phi) is 7.85. The van der Waals surface area contributed by atoms with Crippen LogP contribution >= 0.6 is 0 Å². The fourth-order valence-corrected chi connectivity index (χ4v) is 5.33. The number of carbonyl (C=O) groups excluding carboxylic acids is 1. The Labute approximate surface area is 236 Å². The molecule has 0 radical (unpaired) electrons. The Morgan fingerprint density at radius 1 is 1.23 bits per heavy atom. The maximum atomic E-state index is 12.4. The van der Waals surface area contributed by atoms with Crippen LogP contribution in [0.1, 0.15) is 82.9 Å². The number of anilines is 2. The van der Waals surface area contributed by atoms with Gasteiger partial charge in [0.25, 0.3) is 0 Å². The number of carbonyl (C=O) groups is 1. The van der Waals surface area contributed by atoms with Gasteiger partial charge in [0.1, 0.15) is 17.7 Å². The van der Waals surface area contributed by atoms with Gasteiger partial charge in [-0.05, 0) is 69.7 Å². The van der Waals surface area contributed by atoms with E-state index in [9.17, 15) is 9.00 Å². The van der Waals surface area contributed by atoms with E-state index in [1.54, 1.807) is 31.5 Å². The zero-order valence-corrected chi connectivity index (χ0v) is 25.3. The van der Waals surface area contributed by atoms with E-state index in [1.165, 1.54) is 6.26 Å². The Hall–Kier alpha value is -3.31. The molecule has 0 aromatic carbocycles. The van der Waals surface area contributed by atoms with Crippen LogP contribution in [0.3, 0.4) is 0 Å². The van der Waals surface area contributed by atoms with Gasteiger partial charge in [-0.3, -0.25) is 4.78 Å². The van der Waals surface area contributed by atoms with Crippen LogP contribution in [-0.4, -0.2) is 48.8 Å². The molecule has 1 unspecified atom stereocenters. The third-order valence-electron chi connectivity index (χ3n) is 8.11. The van der Waals surface area contributed by atoms with Crippen LogP contribution in [0.5, 0.6) is 5.88 Å². The van der Waals surface area contributed by atoms with Crippen molar-refractivity contribution in [1.29, 1.82) is 4.78 Å². The molecule has 10 nitrogen and oxygen atoms in total. The normalized spacial score (nSPS) is 20.9. The second kappa shape index (κ2) is 10.6. The number of rotatable bonds is 9. The molecule has 5 atom stereocenters. The third-order valence-corrected chi connectivity index (χ3v) is 9.84.